The van der Waals surface area contributed by atoms with Crippen LogP contribution in [0.15, 0.2) is 72.8 Å². The molecule has 1 amide bonds. The van der Waals surface area contributed by atoms with Gasteiger partial charge in [-0.25, -0.2) is 4.79 Å². The molecule has 0 aliphatic heterocycles. The SMILES string of the molecule is O=C(NCC(O)C(O)c1ccc(C(=O)CCl)cc1)OCC1c2ccccc2-c2ccccc21. The van der Waals surface area contributed by atoms with Crippen molar-refractivity contribution in [2.45, 2.75) is 18.1 Å². The van der Waals surface area contributed by atoms with Gasteiger partial charge >= 0.3 is 6.09 Å². The van der Waals surface area contributed by atoms with Gasteiger partial charge in [0.15, 0.2) is 5.78 Å². The molecule has 0 aromatic heterocycles. The molecule has 1 aliphatic rings. The number of Topliss-reactive ketones (excluding diaryl/α,β-unsaturated/α-hetero) is 1. The number of rotatable bonds is 8. The number of carbonyl (C=O) groups excluding carboxylic acids is 2. The summed E-state index contributed by atoms with van der Waals surface area (Å²) < 4.78 is 5.44. The molecule has 0 heterocycles. The second kappa shape index (κ2) is 10.2. The lowest BCUT2D eigenvalue weighted by atomic mass is 9.98. The molecule has 6 nitrogen and oxygen atoms in total. The summed E-state index contributed by atoms with van der Waals surface area (Å²) in [7, 11) is 0. The summed E-state index contributed by atoms with van der Waals surface area (Å²) in [5, 5.41) is 23.1. The van der Waals surface area contributed by atoms with Crippen LogP contribution in [0.3, 0.4) is 0 Å². The van der Waals surface area contributed by atoms with Crippen molar-refractivity contribution in [3.8, 4) is 11.1 Å². The van der Waals surface area contributed by atoms with Gasteiger partial charge in [0.1, 0.15) is 18.8 Å². The Morgan fingerprint density at radius 2 is 1.48 bits per heavy atom. The van der Waals surface area contributed by atoms with Gasteiger partial charge in [0.05, 0.1) is 5.88 Å². The van der Waals surface area contributed by atoms with Crippen LogP contribution in [0.5, 0.6) is 0 Å². The number of aliphatic hydroxyl groups is 2. The minimum Gasteiger partial charge on any atom is -0.449 e. The van der Waals surface area contributed by atoms with E-state index >= 15 is 0 Å². The van der Waals surface area contributed by atoms with E-state index in [4.69, 9.17) is 16.3 Å². The quantitative estimate of drug-likeness (QED) is 0.344. The molecule has 0 bridgehead atoms. The van der Waals surface area contributed by atoms with Crippen LogP contribution in [0.25, 0.3) is 11.1 Å². The summed E-state index contributed by atoms with van der Waals surface area (Å²) in [6.07, 6.45) is -3.16. The zero-order valence-electron chi connectivity index (χ0n) is 17.8. The van der Waals surface area contributed by atoms with Crippen molar-refractivity contribution >= 4 is 23.5 Å². The molecule has 170 valence electrons. The monoisotopic (exact) mass is 465 g/mol. The third-order valence-electron chi connectivity index (χ3n) is 5.86. The summed E-state index contributed by atoms with van der Waals surface area (Å²) in [6, 6.07) is 22.3. The predicted octanol–water partition coefficient (Wildman–Crippen LogP) is 4.04. The summed E-state index contributed by atoms with van der Waals surface area (Å²) in [4.78, 5) is 23.9. The first-order chi connectivity index (χ1) is 16.0. The lowest BCUT2D eigenvalue weighted by Crippen LogP contribution is -2.36. The van der Waals surface area contributed by atoms with E-state index in [0.717, 1.165) is 22.3 Å². The van der Waals surface area contributed by atoms with Crippen LogP contribution in [0, 0.1) is 0 Å². The highest BCUT2D eigenvalue weighted by Gasteiger charge is 2.29. The third-order valence-corrected chi connectivity index (χ3v) is 6.10. The summed E-state index contributed by atoms with van der Waals surface area (Å²) in [5.41, 5.74) is 5.34. The van der Waals surface area contributed by atoms with Crippen LogP contribution in [0.2, 0.25) is 0 Å². The predicted molar refractivity (Wildman–Crippen MR) is 126 cm³/mol. The molecule has 4 rings (SSSR count). The molecule has 0 saturated carbocycles. The molecule has 0 saturated heterocycles. The Morgan fingerprint density at radius 1 is 0.909 bits per heavy atom. The fourth-order valence-electron chi connectivity index (χ4n) is 4.11. The van der Waals surface area contributed by atoms with E-state index in [1.807, 2.05) is 36.4 Å². The zero-order chi connectivity index (χ0) is 23.4. The normalized spacial score (nSPS) is 14.2. The number of carbonyl (C=O) groups is 2. The number of halogens is 1. The van der Waals surface area contributed by atoms with Gasteiger partial charge in [-0.2, -0.15) is 0 Å². The maximum atomic E-state index is 12.3. The van der Waals surface area contributed by atoms with Crippen molar-refractivity contribution in [2.24, 2.45) is 0 Å². The van der Waals surface area contributed by atoms with E-state index in [1.54, 1.807) is 12.1 Å². The third kappa shape index (κ3) is 4.93. The van der Waals surface area contributed by atoms with Gasteiger partial charge < -0.3 is 20.3 Å². The zero-order valence-corrected chi connectivity index (χ0v) is 18.5. The maximum absolute atomic E-state index is 12.3. The van der Waals surface area contributed by atoms with Gasteiger partial charge in [-0.05, 0) is 27.8 Å². The average molecular weight is 466 g/mol. The van der Waals surface area contributed by atoms with Crippen molar-refractivity contribution in [1.82, 2.24) is 5.32 Å². The van der Waals surface area contributed by atoms with Gasteiger partial charge in [0.2, 0.25) is 0 Å². The maximum Gasteiger partial charge on any atom is 0.407 e. The van der Waals surface area contributed by atoms with E-state index in [-0.39, 0.29) is 30.7 Å². The number of nitrogens with one attached hydrogen (secondary N) is 1. The van der Waals surface area contributed by atoms with Crippen molar-refractivity contribution in [2.75, 3.05) is 19.0 Å². The molecular formula is C26H24ClNO5. The summed E-state index contributed by atoms with van der Waals surface area (Å²) in [6.45, 7) is -0.0330. The molecule has 0 radical (unpaired) electrons. The van der Waals surface area contributed by atoms with E-state index in [1.165, 1.54) is 12.1 Å². The Balaban J connectivity index is 1.31. The minimum atomic E-state index is -1.25. The number of fused-ring (bicyclic) bond motifs is 3. The van der Waals surface area contributed by atoms with Crippen LogP contribution < -0.4 is 5.32 Å². The number of hydrogen-bond acceptors (Lipinski definition) is 5. The lowest BCUT2D eigenvalue weighted by molar-refractivity contribution is 0.0185. The van der Waals surface area contributed by atoms with Crippen molar-refractivity contribution in [3.05, 3.63) is 95.1 Å². The van der Waals surface area contributed by atoms with E-state index in [9.17, 15) is 19.8 Å². The van der Waals surface area contributed by atoms with Crippen LogP contribution in [0.4, 0.5) is 4.79 Å². The molecule has 2 unspecified atom stereocenters. The number of benzene rings is 3. The Hall–Kier alpha value is -3.19. The van der Waals surface area contributed by atoms with Crippen LogP contribution in [-0.2, 0) is 4.74 Å². The van der Waals surface area contributed by atoms with Crippen molar-refractivity contribution in [1.29, 1.82) is 0 Å². The fourth-order valence-corrected chi connectivity index (χ4v) is 4.27. The molecule has 1 aliphatic carbocycles. The summed E-state index contributed by atoms with van der Waals surface area (Å²) >= 11 is 5.54. The van der Waals surface area contributed by atoms with E-state index in [2.05, 4.69) is 17.4 Å². The summed E-state index contributed by atoms with van der Waals surface area (Å²) in [5.74, 6) is -0.419. The largest absolute Gasteiger partial charge is 0.449 e. The molecule has 0 spiro atoms. The number of alkyl carbamates (subject to hydrolysis) is 1. The van der Waals surface area contributed by atoms with Crippen LogP contribution in [-0.4, -0.2) is 47.2 Å². The Morgan fingerprint density at radius 3 is 2.06 bits per heavy atom. The lowest BCUT2D eigenvalue weighted by Gasteiger charge is -2.19. The highest BCUT2D eigenvalue weighted by molar-refractivity contribution is 6.30. The number of aliphatic hydroxyl groups excluding tert-OH is 2. The van der Waals surface area contributed by atoms with Crippen LogP contribution in [0.1, 0.15) is 39.1 Å². The molecule has 3 aromatic rings. The minimum absolute atomic E-state index is 0.0622. The first-order valence-corrected chi connectivity index (χ1v) is 11.2. The topological polar surface area (TPSA) is 95.9 Å². The molecule has 0 fully saturated rings. The molecule has 3 aromatic carbocycles. The molecule has 7 heteroatoms. The second-order valence-electron chi connectivity index (χ2n) is 7.90. The first kappa shape index (κ1) is 23.0. The number of ether oxygens (including phenoxy) is 1. The van der Waals surface area contributed by atoms with Gasteiger partial charge in [0.25, 0.3) is 0 Å². The van der Waals surface area contributed by atoms with Crippen molar-refractivity contribution in [3.63, 3.8) is 0 Å². The van der Waals surface area contributed by atoms with Gasteiger partial charge in [0, 0.05) is 18.0 Å². The fraction of sp³-hybridized carbons (Fsp3) is 0.231. The number of alkyl halides is 1. The second-order valence-corrected chi connectivity index (χ2v) is 8.16. The van der Waals surface area contributed by atoms with Gasteiger partial charge in [-0.3, -0.25) is 4.79 Å². The Labute approximate surface area is 196 Å². The molecule has 3 N–H and O–H groups in total. The Kier molecular flexibility index (Phi) is 7.08. The van der Waals surface area contributed by atoms with Crippen molar-refractivity contribution < 1.29 is 24.5 Å². The molecular weight excluding hydrogens is 442 g/mol. The van der Waals surface area contributed by atoms with Gasteiger partial charge in [-0.15, -0.1) is 11.6 Å². The number of hydrogen-bond donors (Lipinski definition) is 3. The number of amides is 1. The van der Waals surface area contributed by atoms with E-state index in [0.29, 0.717) is 11.1 Å². The highest BCUT2D eigenvalue weighted by Crippen LogP contribution is 2.44. The van der Waals surface area contributed by atoms with Gasteiger partial charge in [-0.1, -0.05) is 72.8 Å². The number of ketones is 1. The van der Waals surface area contributed by atoms with Crippen LogP contribution >= 0.6 is 11.6 Å². The average Bonchev–Trinajstić information content (AvgIpc) is 3.18. The first-order valence-electron chi connectivity index (χ1n) is 10.6. The standard InChI is InChI=1S/C26H24ClNO5/c27-13-23(29)16-9-11-17(12-10-16)25(31)24(30)14-28-26(32)33-15-22-20-7-3-1-5-18(20)19-6-2-4-8-21(19)22/h1-12,22,24-25,30-31H,13-15H2,(H,28,32). The highest BCUT2D eigenvalue weighted by atomic mass is 35.5. The van der Waals surface area contributed by atoms with E-state index < -0.39 is 18.3 Å². The molecule has 2 atom stereocenters. The smallest absolute Gasteiger partial charge is 0.407 e. The Bertz CT molecular complexity index is 1100. The molecule has 33 heavy (non-hydrogen) atoms.